The molecule has 1 fully saturated rings. The fourth-order valence-corrected chi connectivity index (χ4v) is 3.82. The Bertz CT molecular complexity index is 1020. The molecular weight excluding hydrogens is 352 g/mol. The maximum Gasteiger partial charge on any atom is 0.272 e. The molecule has 0 aliphatic carbocycles. The fourth-order valence-electron chi connectivity index (χ4n) is 3.82. The highest BCUT2D eigenvalue weighted by Crippen LogP contribution is 2.22. The number of hydrogen-bond acceptors (Lipinski definition) is 5. The lowest BCUT2D eigenvalue weighted by atomic mass is 10.2. The van der Waals surface area contributed by atoms with Crippen molar-refractivity contribution < 1.29 is 4.74 Å². The Kier molecular flexibility index (Phi) is 5.30. The summed E-state index contributed by atoms with van der Waals surface area (Å²) in [6.07, 6.45) is 0. The summed E-state index contributed by atoms with van der Waals surface area (Å²) >= 11 is 0. The van der Waals surface area contributed by atoms with Gasteiger partial charge in [0, 0.05) is 51.0 Å². The number of para-hydroxylation sites is 2. The van der Waals surface area contributed by atoms with Crippen molar-refractivity contribution in [2.75, 3.05) is 44.7 Å². The van der Waals surface area contributed by atoms with Gasteiger partial charge in [-0.3, -0.25) is 9.69 Å². The van der Waals surface area contributed by atoms with Crippen LogP contribution in [-0.4, -0.2) is 54.3 Å². The number of aryl methyl sites for hydroxylation is 1. The van der Waals surface area contributed by atoms with Crippen LogP contribution in [-0.2, 0) is 6.54 Å². The molecule has 1 aromatic heterocycles. The first-order chi connectivity index (χ1) is 13.7. The van der Waals surface area contributed by atoms with Crippen LogP contribution in [0.4, 0.5) is 5.69 Å². The minimum atomic E-state index is 0.00807. The minimum Gasteiger partial charge on any atom is -0.497 e. The van der Waals surface area contributed by atoms with Gasteiger partial charge in [-0.1, -0.05) is 18.2 Å². The normalized spacial score (nSPS) is 15.1. The molecule has 0 N–H and O–H groups in total. The van der Waals surface area contributed by atoms with Crippen LogP contribution in [0, 0.1) is 6.92 Å². The van der Waals surface area contributed by atoms with Crippen LogP contribution in [0.1, 0.15) is 5.69 Å². The molecule has 1 aliphatic heterocycles. The zero-order valence-electron chi connectivity index (χ0n) is 16.5. The SMILES string of the molecule is COc1cccc(N2CCN(CCn3c(=O)c(C)nc4ccccc43)CC2)c1. The number of aromatic nitrogens is 2. The molecule has 6 heteroatoms. The molecule has 1 saturated heterocycles. The highest BCUT2D eigenvalue weighted by atomic mass is 16.5. The summed E-state index contributed by atoms with van der Waals surface area (Å²) in [5, 5.41) is 0. The molecule has 2 heterocycles. The molecule has 0 atom stereocenters. The molecule has 0 saturated carbocycles. The van der Waals surface area contributed by atoms with Crippen LogP contribution in [0.15, 0.2) is 53.3 Å². The summed E-state index contributed by atoms with van der Waals surface area (Å²) in [4.78, 5) is 21.8. The van der Waals surface area contributed by atoms with E-state index in [-0.39, 0.29) is 5.56 Å². The van der Waals surface area contributed by atoms with Crippen molar-refractivity contribution in [1.82, 2.24) is 14.5 Å². The van der Waals surface area contributed by atoms with E-state index in [0.29, 0.717) is 12.2 Å². The zero-order chi connectivity index (χ0) is 19.5. The molecule has 146 valence electrons. The van der Waals surface area contributed by atoms with Crippen molar-refractivity contribution in [3.63, 3.8) is 0 Å². The van der Waals surface area contributed by atoms with E-state index in [4.69, 9.17) is 4.74 Å². The Morgan fingerprint density at radius 1 is 1.00 bits per heavy atom. The van der Waals surface area contributed by atoms with Gasteiger partial charge in [0.1, 0.15) is 11.4 Å². The van der Waals surface area contributed by atoms with Crippen LogP contribution in [0.5, 0.6) is 5.75 Å². The van der Waals surface area contributed by atoms with Gasteiger partial charge < -0.3 is 14.2 Å². The second kappa shape index (κ2) is 8.02. The maximum absolute atomic E-state index is 12.6. The van der Waals surface area contributed by atoms with E-state index in [9.17, 15) is 4.79 Å². The average molecular weight is 378 g/mol. The van der Waals surface area contributed by atoms with Gasteiger partial charge in [0.25, 0.3) is 5.56 Å². The molecule has 1 aliphatic rings. The summed E-state index contributed by atoms with van der Waals surface area (Å²) in [5.74, 6) is 0.888. The van der Waals surface area contributed by atoms with Crippen LogP contribution in [0.3, 0.4) is 0 Å². The topological polar surface area (TPSA) is 50.6 Å². The molecule has 28 heavy (non-hydrogen) atoms. The van der Waals surface area contributed by atoms with Crippen molar-refractivity contribution in [3.05, 3.63) is 64.6 Å². The molecule has 6 nitrogen and oxygen atoms in total. The Hall–Kier alpha value is -2.86. The van der Waals surface area contributed by atoms with Gasteiger partial charge in [-0.15, -0.1) is 0 Å². The smallest absolute Gasteiger partial charge is 0.272 e. The highest BCUT2D eigenvalue weighted by molar-refractivity contribution is 5.74. The number of piperazine rings is 1. The van der Waals surface area contributed by atoms with E-state index in [1.54, 1.807) is 14.0 Å². The number of methoxy groups -OCH3 is 1. The molecule has 0 amide bonds. The molecule has 2 aromatic carbocycles. The fraction of sp³-hybridized carbons (Fsp3) is 0.364. The van der Waals surface area contributed by atoms with Gasteiger partial charge in [0.2, 0.25) is 0 Å². The Labute approximate surface area is 165 Å². The lowest BCUT2D eigenvalue weighted by molar-refractivity contribution is 0.248. The van der Waals surface area contributed by atoms with Crippen LogP contribution < -0.4 is 15.2 Å². The minimum absolute atomic E-state index is 0.00807. The summed E-state index contributed by atoms with van der Waals surface area (Å²) in [5.41, 5.74) is 3.55. The molecule has 0 radical (unpaired) electrons. The summed E-state index contributed by atoms with van der Waals surface area (Å²) in [6, 6.07) is 16.1. The number of ether oxygens (including phenoxy) is 1. The monoisotopic (exact) mass is 378 g/mol. The first kappa shape index (κ1) is 18.5. The Balaban J connectivity index is 1.42. The first-order valence-electron chi connectivity index (χ1n) is 9.73. The third-order valence-electron chi connectivity index (χ3n) is 5.45. The van der Waals surface area contributed by atoms with E-state index in [0.717, 1.165) is 49.5 Å². The largest absolute Gasteiger partial charge is 0.497 e. The van der Waals surface area contributed by atoms with E-state index in [1.165, 1.54) is 5.69 Å². The zero-order valence-corrected chi connectivity index (χ0v) is 16.5. The van der Waals surface area contributed by atoms with Gasteiger partial charge in [0.15, 0.2) is 0 Å². The Morgan fingerprint density at radius 2 is 1.79 bits per heavy atom. The number of hydrogen-bond donors (Lipinski definition) is 0. The number of fused-ring (bicyclic) bond motifs is 1. The number of benzene rings is 2. The van der Waals surface area contributed by atoms with Crippen molar-refractivity contribution in [3.8, 4) is 5.75 Å². The molecule has 0 bridgehead atoms. The summed E-state index contributed by atoms with van der Waals surface area (Å²) < 4.78 is 7.20. The van der Waals surface area contributed by atoms with Crippen molar-refractivity contribution in [2.45, 2.75) is 13.5 Å². The maximum atomic E-state index is 12.6. The van der Waals surface area contributed by atoms with Gasteiger partial charge in [-0.25, -0.2) is 4.98 Å². The molecule has 0 spiro atoms. The third kappa shape index (κ3) is 3.73. The van der Waals surface area contributed by atoms with E-state index >= 15 is 0 Å². The van der Waals surface area contributed by atoms with Gasteiger partial charge >= 0.3 is 0 Å². The second-order valence-corrected chi connectivity index (χ2v) is 7.17. The standard InChI is InChI=1S/C22H26N4O2/c1-17-22(27)26(21-9-4-3-8-20(21)23-17)15-12-24-10-13-25(14-11-24)18-6-5-7-19(16-18)28-2/h3-9,16H,10-15H2,1-2H3. The van der Waals surface area contributed by atoms with E-state index < -0.39 is 0 Å². The lowest BCUT2D eigenvalue weighted by Gasteiger charge is -2.36. The number of rotatable bonds is 5. The van der Waals surface area contributed by atoms with Crippen molar-refractivity contribution in [2.24, 2.45) is 0 Å². The van der Waals surface area contributed by atoms with E-state index in [2.05, 4.69) is 26.9 Å². The molecule has 3 aromatic rings. The van der Waals surface area contributed by atoms with Crippen LogP contribution in [0.2, 0.25) is 0 Å². The predicted octanol–water partition coefficient (Wildman–Crippen LogP) is 2.54. The molecule has 0 unspecified atom stereocenters. The molecular formula is C22H26N4O2. The summed E-state index contributed by atoms with van der Waals surface area (Å²) in [6.45, 7) is 7.23. The second-order valence-electron chi connectivity index (χ2n) is 7.17. The first-order valence-corrected chi connectivity index (χ1v) is 9.73. The number of nitrogens with zero attached hydrogens (tertiary/aromatic N) is 4. The summed E-state index contributed by atoms with van der Waals surface area (Å²) in [7, 11) is 1.70. The van der Waals surface area contributed by atoms with Crippen LogP contribution >= 0.6 is 0 Å². The highest BCUT2D eigenvalue weighted by Gasteiger charge is 2.18. The van der Waals surface area contributed by atoms with Crippen LogP contribution in [0.25, 0.3) is 11.0 Å². The average Bonchev–Trinajstić information content (AvgIpc) is 2.74. The van der Waals surface area contributed by atoms with Gasteiger partial charge in [-0.05, 0) is 31.2 Å². The van der Waals surface area contributed by atoms with E-state index in [1.807, 2.05) is 41.0 Å². The Morgan fingerprint density at radius 3 is 2.57 bits per heavy atom. The molecule has 4 rings (SSSR count). The quantitative estimate of drug-likeness (QED) is 0.683. The predicted molar refractivity (Wildman–Crippen MR) is 112 cm³/mol. The van der Waals surface area contributed by atoms with Crippen molar-refractivity contribution in [1.29, 1.82) is 0 Å². The van der Waals surface area contributed by atoms with Gasteiger partial charge in [-0.2, -0.15) is 0 Å². The van der Waals surface area contributed by atoms with Gasteiger partial charge in [0.05, 0.1) is 18.1 Å². The number of anilines is 1. The third-order valence-corrected chi connectivity index (χ3v) is 5.45. The lowest BCUT2D eigenvalue weighted by Crippen LogP contribution is -2.47. The van der Waals surface area contributed by atoms with Crippen molar-refractivity contribution >= 4 is 16.7 Å².